The largest absolute Gasteiger partial charge is 0.478 e. The maximum Gasteiger partial charge on any atom is 0.337 e. The fraction of sp³-hybridized carbons (Fsp3) is 0.400. The molecule has 74 valence electrons. The summed E-state index contributed by atoms with van der Waals surface area (Å²) in [7, 11) is 0. The lowest BCUT2D eigenvalue weighted by molar-refractivity contribution is 0.0692. The minimum atomic E-state index is -0.890. The lowest BCUT2D eigenvalue weighted by atomic mass is 9.96. The van der Waals surface area contributed by atoms with Crippen LogP contribution in [0.2, 0.25) is 0 Å². The minimum Gasteiger partial charge on any atom is -0.478 e. The van der Waals surface area contributed by atoms with Gasteiger partial charge in [-0.1, -0.05) is 0 Å². The molecule has 14 heavy (non-hydrogen) atoms. The highest BCUT2D eigenvalue weighted by atomic mass is 16.4. The Balaban J connectivity index is 2.46. The number of aromatic nitrogens is 1. The van der Waals surface area contributed by atoms with Gasteiger partial charge in [-0.2, -0.15) is 0 Å². The number of hydrogen-bond acceptors (Lipinski definition) is 3. The molecule has 0 aliphatic carbocycles. The number of hydrogen-bond donors (Lipinski definition) is 2. The number of aromatic carboxylic acids is 1. The number of aryl methyl sites for hydroxylation is 1. The van der Waals surface area contributed by atoms with Crippen molar-refractivity contribution < 1.29 is 9.90 Å². The summed E-state index contributed by atoms with van der Waals surface area (Å²) >= 11 is 0. The molecule has 1 aliphatic heterocycles. The SMILES string of the molecule is Cc1ccnc([C@H]2CCN2)c1C(=O)O. The molecule has 1 atom stereocenters. The third-order valence-electron chi connectivity index (χ3n) is 2.56. The highest BCUT2D eigenvalue weighted by Crippen LogP contribution is 2.25. The van der Waals surface area contributed by atoms with Crippen LogP contribution in [0, 0.1) is 6.92 Å². The zero-order valence-corrected chi connectivity index (χ0v) is 7.95. The molecule has 1 aromatic heterocycles. The number of nitrogens with zero attached hydrogens (tertiary/aromatic N) is 1. The van der Waals surface area contributed by atoms with E-state index in [0.29, 0.717) is 11.3 Å². The van der Waals surface area contributed by atoms with Gasteiger partial charge in [0.05, 0.1) is 17.3 Å². The van der Waals surface area contributed by atoms with E-state index in [1.165, 1.54) is 0 Å². The molecule has 0 aromatic carbocycles. The van der Waals surface area contributed by atoms with Gasteiger partial charge < -0.3 is 10.4 Å². The zero-order chi connectivity index (χ0) is 10.1. The van der Waals surface area contributed by atoms with Crippen LogP contribution in [0.15, 0.2) is 12.3 Å². The second kappa shape index (κ2) is 3.38. The van der Waals surface area contributed by atoms with Gasteiger partial charge in [0.25, 0.3) is 0 Å². The van der Waals surface area contributed by atoms with Crippen molar-refractivity contribution in [2.24, 2.45) is 0 Å². The van der Waals surface area contributed by atoms with E-state index >= 15 is 0 Å². The van der Waals surface area contributed by atoms with Gasteiger partial charge in [-0.05, 0) is 31.5 Å². The lowest BCUT2D eigenvalue weighted by Gasteiger charge is -2.28. The molecule has 4 nitrogen and oxygen atoms in total. The number of carboxylic acids is 1. The van der Waals surface area contributed by atoms with Gasteiger partial charge in [-0.25, -0.2) is 4.79 Å². The summed E-state index contributed by atoms with van der Waals surface area (Å²) in [5.74, 6) is -0.890. The van der Waals surface area contributed by atoms with Gasteiger partial charge in [-0.3, -0.25) is 4.98 Å². The molecule has 0 radical (unpaired) electrons. The molecule has 2 rings (SSSR count). The van der Waals surface area contributed by atoms with Crippen LogP contribution in [0.5, 0.6) is 0 Å². The Morgan fingerprint density at radius 2 is 2.43 bits per heavy atom. The predicted molar refractivity (Wildman–Crippen MR) is 51.3 cm³/mol. The average Bonchev–Trinajstić information content (AvgIpc) is 1.99. The average molecular weight is 192 g/mol. The van der Waals surface area contributed by atoms with E-state index in [0.717, 1.165) is 18.5 Å². The third-order valence-corrected chi connectivity index (χ3v) is 2.56. The van der Waals surface area contributed by atoms with Gasteiger partial charge >= 0.3 is 5.97 Å². The van der Waals surface area contributed by atoms with E-state index in [9.17, 15) is 4.79 Å². The highest BCUT2D eigenvalue weighted by molar-refractivity contribution is 5.90. The third kappa shape index (κ3) is 1.37. The lowest BCUT2D eigenvalue weighted by Crippen LogP contribution is -2.36. The first kappa shape index (κ1) is 9.15. The summed E-state index contributed by atoms with van der Waals surface area (Å²) < 4.78 is 0. The predicted octanol–water partition coefficient (Wildman–Crippen LogP) is 1.12. The maximum atomic E-state index is 11.0. The van der Waals surface area contributed by atoms with E-state index in [1.807, 2.05) is 0 Å². The van der Waals surface area contributed by atoms with Gasteiger partial charge in [0, 0.05) is 6.20 Å². The first-order chi connectivity index (χ1) is 6.70. The molecular formula is C10H12N2O2. The molecule has 4 heteroatoms. The van der Waals surface area contributed by atoms with Gasteiger partial charge in [0.1, 0.15) is 0 Å². The fourth-order valence-electron chi connectivity index (χ4n) is 1.64. The van der Waals surface area contributed by atoms with Crippen molar-refractivity contribution in [3.05, 3.63) is 29.1 Å². The number of carbonyl (C=O) groups is 1. The van der Waals surface area contributed by atoms with Crippen molar-refractivity contribution in [1.82, 2.24) is 10.3 Å². The van der Waals surface area contributed by atoms with Crippen molar-refractivity contribution in [3.8, 4) is 0 Å². The molecule has 2 N–H and O–H groups in total. The second-order valence-corrected chi connectivity index (χ2v) is 3.49. The Kier molecular flexibility index (Phi) is 2.21. The van der Waals surface area contributed by atoms with Crippen LogP contribution in [0.1, 0.15) is 34.1 Å². The summed E-state index contributed by atoms with van der Waals surface area (Å²) in [5.41, 5.74) is 1.80. The van der Waals surface area contributed by atoms with Crippen LogP contribution >= 0.6 is 0 Å². The molecule has 1 aliphatic rings. The minimum absolute atomic E-state index is 0.126. The molecule has 0 unspecified atom stereocenters. The van der Waals surface area contributed by atoms with Crippen LogP contribution in [-0.2, 0) is 0 Å². The van der Waals surface area contributed by atoms with E-state index in [1.54, 1.807) is 19.2 Å². The van der Waals surface area contributed by atoms with E-state index < -0.39 is 5.97 Å². The van der Waals surface area contributed by atoms with Crippen molar-refractivity contribution in [2.45, 2.75) is 19.4 Å². The molecule has 0 spiro atoms. The van der Waals surface area contributed by atoms with Crippen molar-refractivity contribution in [2.75, 3.05) is 6.54 Å². The Morgan fingerprint density at radius 3 is 2.93 bits per heavy atom. The summed E-state index contributed by atoms with van der Waals surface area (Å²) in [5, 5.41) is 12.2. The first-order valence-corrected chi connectivity index (χ1v) is 4.62. The molecule has 1 fully saturated rings. The zero-order valence-electron chi connectivity index (χ0n) is 7.95. The maximum absolute atomic E-state index is 11.0. The summed E-state index contributed by atoms with van der Waals surface area (Å²) in [4.78, 5) is 15.2. The number of rotatable bonds is 2. The van der Waals surface area contributed by atoms with Crippen molar-refractivity contribution in [3.63, 3.8) is 0 Å². The van der Waals surface area contributed by atoms with Gasteiger partial charge in [-0.15, -0.1) is 0 Å². The molecular weight excluding hydrogens is 180 g/mol. The van der Waals surface area contributed by atoms with E-state index in [4.69, 9.17) is 5.11 Å². The molecule has 0 amide bonds. The Morgan fingerprint density at radius 1 is 1.71 bits per heavy atom. The van der Waals surface area contributed by atoms with E-state index in [2.05, 4.69) is 10.3 Å². The van der Waals surface area contributed by atoms with Crippen LogP contribution < -0.4 is 5.32 Å². The molecule has 1 aromatic rings. The fourth-order valence-corrected chi connectivity index (χ4v) is 1.64. The summed E-state index contributed by atoms with van der Waals surface area (Å²) in [6.07, 6.45) is 2.63. The number of carboxylic acid groups (broad SMARTS) is 1. The smallest absolute Gasteiger partial charge is 0.337 e. The molecule has 0 bridgehead atoms. The standard InChI is InChI=1S/C10H12N2O2/c1-6-2-4-12-9(7-3-5-11-7)8(6)10(13)14/h2,4,7,11H,3,5H2,1H3,(H,13,14)/t7-/m1/s1. The Labute approximate surface area is 82.0 Å². The highest BCUT2D eigenvalue weighted by Gasteiger charge is 2.26. The Hall–Kier alpha value is -1.42. The summed E-state index contributed by atoms with van der Waals surface area (Å²) in [6, 6.07) is 1.85. The van der Waals surface area contributed by atoms with Gasteiger partial charge in [0.15, 0.2) is 0 Å². The van der Waals surface area contributed by atoms with Crippen molar-refractivity contribution in [1.29, 1.82) is 0 Å². The number of nitrogens with one attached hydrogen (secondary N) is 1. The molecule has 2 heterocycles. The number of pyridine rings is 1. The molecule has 0 saturated carbocycles. The molecule has 1 saturated heterocycles. The normalized spacial score (nSPS) is 20.2. The second-order valence-electron chi connectivity index (χ2n) is 3.49. The topological polar surface area (TPSA) is 62.2 Å². The van der Waals surface area contributed by atoms with Crippen LogP contribution in [0.25, 0.3) is 0 Å². The van der Waals surface area contributed by atoms with Crippen molar-refractivity contribution >= 4 is 5.97 Å². The Bertz CT molecular complexity index is 372. The van der Waals surface area contributed by atoms with Gasteiger partial charge in [0.2, 0.25) is 0 Å². The van der Waals surface area contributed by atoms with Crippen LogP contribution in [-0.4, -0.2) is 22.6 Å². The van der Waals surface area contributed by atoms with Crippen LogP contribution in [0.4, 0.5) is 0 Å². The van der Waals surface area contributed by atoms with E-state index in [-0.39, 0.29) is 6.04 Å². The quantitative estimate of drug-likeness (QED) is 0.737. The summed E-state index contributed by atoms with van der Waals surface area (Å²) in [6.45, 7) is 2.74. The first-order valence-electron chi connectivity index (χ1n) is 4.62. The van der Waals surface area contributed by atoms with Crippen LogP contribution in [0.3, 0.4) is 0 Å². The monoisotopic (exact) mass is 192 g/mol.